The van der Waals surface area contributed by atoms with Gasteiger partial charge in [-0.25, -0.2) is 4.98 Å². The van der Waals surface area contributed by atoms with Gasteiger partial charge < -0.3 is 15.5 Å². The molecule has 1 unspecified atom stereocenters. The van der Waals surface area contributed by atoms with E-state index in [-0.39, 0.29) is 5.41 Å². The molecule has 0 radical (unpaired) electrons. The van der Waals surface area contributed by atoms with Gasteiger partial charge in [0.1, 0.15) is 11.0 Å². The number of nitrogens with zero attached hydrogens (tertiary/aromatic N) is 3. The van der Waals surface area contributed by atoms with E-state index in [4.69, 9.17) is 28.8 Å². The van der Waals surface area contributed by atoms with Crippen LogP contribution in [-0.4, -0.2) is 34.7 Å². The Morgan fingerprint density at radius 1 is 1.16 bits per heavy atom. The SMILES string of the molecule is CC1CCCN(c2cc(Cl)nc(NC(=S)NCC3(c4ccccc4)CCCCC3)n2)C1. The van der Waals surface area contributed by atoms with E-state index in [1.165, 1.54) is 50.5 Å². The standard InChI is InChI=1S/C24H32ClN5S/c1-18-9-8-14-30(16-18)21-15-20(25)27-22(28-21)29-23(31)26-17-24(12-6-3-7-13-24)19-10-4-2-5-11-19/h2,4-5,10-11,15,18H,3,6-9,12-14,16-17H2,1H3,(H2,26,27,28,29,31). The lowest BCUT2D eigenvalue weighted by Gasteiger charge is -2.38. The molecule has 1 atom stereocenters. The van der Waals surface area contributed by atoms with Crippen molar-refractivity contribution in [2.45, 2.75) is 57.3 Å². The number of thiocarbonyl (C=S) groups is 1. The molecular weight excluding hydrogens is 426 g/mol. The largest absolute Gasteiger partial charge is 0.361 e. The molecule has 0 amide bonds. The highest BCUT2D eigenvalue weighted by molar-refractivity contribution is 7.80. The predicted molar refractivity (Wildman–Crippen MR) is 133 cm³/mol. The molecule has 2 N–H and O–H groups in total. The molecule has 0 spiro atoms. The molecule has 1 aromatic heterocycles. The molecule has 4 rings (SSSR count). The monoisotopic (exact) mass is 457 g/mol. The maximum absolute atomic E-state index is 6.31. The van der Waals surface area contributed by atoms with Gasteiger partial charge in [-0.05, 0) is 49.4 Å². The predicted octanol–water partition coefficient (Wildman–Crippen LogP) is 5.55. The zero-order valence-electron chi connectivity index (χ0n) is 18.2. The first-order chi connectivity index (χ1) is 15.0. The molecule has 0 bridgehead atoms. The van der Waals surface area contributed by atoms with Crippen molar-refractivity contribution in [1.82, 2.24) is 15.3 Å². The second-order valence-electron chi connectivity index (χ2n) is 9.08. The maximum Gasteiger partial charge on any atom is 0.232 e. The minimum absolute atomic E-state index is 0.121. The average molecular weight is 458 g/mol. The third kappa shape index (κ3) is 5.66. The Hall–Kier alpha value is -1.92. The van der Waals surface area contributed by atoms with Crippen LogP contribution < -0.4 is 15.5 Å². The summed E-state index contributed by atoms with van der Waals surface area (Å²) in [6, 6.07) is 12.7. The zero-order chi connectivity index (χ0) is 21.7. The van der Waals surface area contributed by atoms with Crippen molar-refractivity contribution >= 4 is 40.7 Å². The summed E-state index contributed by atoms with van der Waals surface area (Å²) in [5.74, 6) is 1.98. The van der Waals surface area contributed by atoms with E-state index in [2.05, 4.69) is 57.8 Å². The third-order valence-electron chi connectivity index (χ3n) is 6.67. The van der Waals surface area contributed by atoms with Crippen LogP contribution in [0.15, 0.2) is 36.4 Å². The highest BCUT2D eigenvalue weighted by Gasteiger charge is 2.33. The Labute approximate surface area is 196 Å². The Kier molecular flexibility index (Phi) is 7.28. The van der Waals surface area contributed by atoms with E-state index in [1.54, 1.807) is 0 Å². The van der Waals surface area contributed by atoms with Crippen LogP contribution in [0.25, 0.3) is 0 Å². The number of aromatic nitrogens is 2. The molecule has 2 fully saturated rings. The quantitative estimate of drug-likeness (QED) is 0.453. The van der Waals surface area contributed by atoms with Crippen LogP contribution in [0.5, 0.6) is 0 Å². The minimum Gasteiger partial charge on any atom is -0.361 e. The molecule has 2 aromatic rings. The lowest BCUT2D eigenvalue weighted by molar-refractivity contribution is 0.292. The van der Waals surface area contributed by atoms with Crippen molar-refractivity contribution < 1.29 is 0 Å². The first-order valence-electron chi connectivity index (χ1n) is 11.4. The van der Waals surface area contributed by atoms with Crippen LogP contribution in [0.2, 0.25) is 5.15 Å². The van der Waals surface area contributed by atoms with Crippen molar-refractivity contribution in [2.75, 3.05) is 29.9 Å². The van der Waals surface area contributed by atoms with Crippen LogP contribution in [0, 0.1) is 5.92 Å². The third-order valence-corrected chi connectivity index (χ3v) is 7.11. The van der Waals surface area contributed by atoms with Gasteiger partial charge in [-0.15, -0.1) is 0 Å². The van der Waals surface area contributed by atoms with Gasteiger partial charge in [0.15, 0.2) is 5.11 Å². The number of piperidine rings is 1. The highest BCUT2D eigenvalue weighted by Crippen LogP contribution is 2.39. The minimum atomic E-state index is 0.121. The number of rotatable bonds is 5. The number of hydrogen-bond donors (Lipinski definition) is 2. The van der Waals surface area contributed by atoms with Crippen LogP contribution in [-0.2, 0) is 5.41 Å². The van der Waals surface area contributed by atoms with E-state index in [9.17, 15) is 0 Å². The first-order valence-corrected chi connectivity index (χ1v) is 12.2. The lowest BCUT2D eigenvalue weighted by Crippen LogP contribution is -2.43. The summed E-state index contributed by atoms with van der Waals surface area (Å²) in [4.78, 5) is 11.3. The van der Waals surface area contributed by atoms with Gasteiger partial charge >= 0.3 is 0 Å². The van der Waals surface area contributed by atoms with Crippen molar-refractivity contribution in [3.63, 3.8) is 0 Å². The van der Waals surface area contributed by atoms with E-state index in [0.29, 0.717) is 22.1 Å². The molecule has 1 saturated heterocycles. The van der Waals surface area contributed by atoms with Gasteiger partial charge in [0.05, 0.1) is 0 Å². The second-order valence-corrected chi connectivity index (χ2v) is 9.88. The van der Waals surface area contributed by atoms with E-state index in [0.717, 1.165) is 25.5 Å². The Morgan fingerprint density at radius 3 is 2.68 bits per heavy atom. The fraction of sp³-hybridized carbons (Fsp3) is 0.542. The number of anilines is 2. The molecule has 2 aliphatic rings. The zero-order valence-corrected chi connectivity index (χ0v) is 19.8. The van der Waals surface area contributed by atoms with Crippen LogP contribution in [0.3, 0.4) is 0 Å². The topological polar surface area (TPSA) is 53.1 Å². The van der Waals surface area contributed by atoms with Gasteiger partial charge in [-0.2, -0.15) is 4.98 Å². The number of hydrogen-bond acceptors (Lipinski definition) is 4. The molecular formula is C24H32ClN5S. The summed E-state index contributed by atoms with van der Waals surface area (Å²) < 4.78 is 0. The highest BCUT2D eigenvalue weighted by atomic mass is 35.5. The van der Waals surface area contributed by atoms with E-state index < -0.39 is 0 Å². The van der Waals surface area contributed by atoms with Crippen LogP contribution in [0.4, 0.5) is 11.8 Å². The summed E-state index contributed by atoms with van der Waals surface area (Å²) in [5, 5.41) is 7.59. The Balaban J connectivity index is 1.42. The van der Waals surface area contributed by atoms with Gasteiger partial charge in [0.2, 0.25) is 5.95 Å². The molecule has 2 heterocycles. The molecule has 31 heavy (non-hydrogen) atoms. The summed E-state index contributed by atoms with van der Waals surface area (Å²) in [6.45, 7) is 5.08. The summed E-state index contributed by atoms with van der Waals surface area (Å²) in [7, 11) is 0. The molecule has 166 valence electrons. The molecule has 1 aliphatic heterocycles. The van der Waals surface area contributed by atoms with Gasteiger partial charge in [0, 0.05) is 31.1 Å². The van der Waals surface area contributed by atoms with Crippen LogP contribution in [0.1, 0.15) is 57.4 Å². The van der Waals surface area contributed by atoms with Crippen molar-refractivity contribution in [3.8, 4) is 0 Å². The average Bonchev–Trinajstić information content (AvgIpc) is 2.79. The van der Waals surface area contributed by atoms with Gasteiger partial charge in [-0.3, -0.25) is 0 Å². The molecule has 5 nitrogen and oxygen atoms in total. The molecule has 1 aliphatic carbocycles. The fourth-order valence-electron chi connectivity index (χ4n) is 5.00. The van der Waals surface area contributed by atoms with Gasteiger partial charge in [0.25, 0.3) is 0 Å². The number of benzene rings is 1. The summed E-state index contributed by atoms with van der Waals surface area (Å²) in [5.41, 5.74) is 1.51. The first kappa shape index (κ1) is 22.3. The molecule has 1 aromatic carbocycles. The lowest BCUT2D eigenvalue weighted by atomic mass is 9.69. The van der Waals surface area contributed by atoms with E-state index >= 15 is 0 Å². The normalized spacial score (nSPS) is 20.8. The fourth-order valence-corrected chi connectivity index (χ4v) is 5.35. The van der Waals surface area contributed by atoms with Crippen molar-refractivity contribution in [1.29, 1.82) is 0 Å². The summed E-state index contributed by atoms with van der Waals surface area (Å²) >= 11 is 11.9. The number of halogens is 1. The van der Waals surface area contributed by atoms with E-state index in [1.807, 2.05) is 6.07 Å². The molecule has 1 saturated carbocycles. The summed E-state index contributed by atoms with van der Waals surface area (Å²) in [6.07, 6.45) is 8.61. The second kappa shape index (κ2) is 10.1. The smallest absolute Gasteiger partial charge is 0.232 e. The number of nitrogens with one attached hydrogen (secondary N) is 2. The van der Waals surface area contributed by atoms with Crippen LogP contribution >= 0.6 is 23.8 Å². The maximum atomic E-state index is 6.31. The molecule has 7 heteroatoms. The van der Waals surface area contributed by atoms with Crippen molar-refractivity contribution in [3.05, 3.63) is 47.1 Å². The Bertz CT molecular complexity index is 885. The van der Waals surface area contributed by atoms with Crippen molar-refractivity contribution in [2.24, 2.45) is 5.92 Å². The Morgan fingerprint density at radius 2 is 1.94 bits per heavy atom. The van der Waals surface area contributed by atoms with Gasteiger partial charge in [-0.1, -0.05) is 68.1 Å².